The highest BCUT2D eigenvalue weighted by Gasteiger charge is 2.28. The van der Waals surface area contributed by atoms with E-state index in [0.717, 1.165) is 29.7 Å². The van der Waals surface area contributed by atoms with Crippen molar-refractivity contribution in [3.63, 3.8) is 0 Å². The number of benzene rings is 1. The van der Waals surface area contributed by atoms with Gasteiger partial charge in [0.25, 0.3) is 11.6 Å². The van der Waals surface area contributed by atoms with Crippen LogP contribution in [0, 0.1) is 17.0 Å². The summed E-state index contributed by atoms with van der Waals surface area (Å²) in [5.41, 5.74) is 0.312. The number of esters is 1. The number of rotatable bonds is 5. The molecule has 4 rings (SSSR count). The van der Waals surface area contributed by atoms with Crippen LogP contribution in [0.5, 0.6) is 0 Å². The third kappa shape index (κ3) is 4.14. The number of nitrogens with zero attached hydrogens (tertiary/aromatic N) is 3. The molecule has 2 heterocycles. The number of hydrogen-bond donors (Lipinski definition) is 1. The molecule has 33 heavy (non-hydrogen) atoms. The van der Waals surface area contributed by atoms with Gasteiger partial charge in [-0.15, -0.1) is 11.3 Å². The molecule has 170 valence electrons. The summed E-state index contributed by atoms with van der Waals surface area (Å²) in [5.74, 6) is -1.37. The molecule has 1 N–H and O–H groups in total. The van der Waals surface area contributed by atoms with Crippen LogP contribution in [0.15, 0.2) is 35.1 Å². The lowest BCUT2D eigenvalue weighted by atomic mass is 9.95. The molecule has 0 radical (unpaired) electrons. The molecule has 0 aliphatic heterocycles. The van der Waals surface area contributed by atoms with Gasteiger partial charge in [-0.2, -0.15) is 5.10 Å². The van der Waals surface area contributed by atoms with E-state index in [4.69, 9.17) is 4.74 Å². The summed E-state index contributed by atoms with van der Waals surface area (Å²) in [7, 11) is 1.27. The Balaban J connectivity index is 1.76. The molecule has 0 saturated carbocycles. The Morgan fingerprint density at radius 1 is 1.24 bits per heavy atom. The number of para-hydroxylation sites is 2. The normalized spacial score (nSPS) is 12.7. The second-order valence-electron chi connectivity index (χ2n) is 7.52. The minimum Gasteiger partial charge on any atom is -0.465 e. The largest absolute Gasteiger partial charge is 0.465 e. The number of fused-ring (bicyclic) bond motifs is 1. The highest BCUT2D eigenvalue weighted by Crippen LogP contribution is 2.38. The van der Waals surface area contributed by atoms with Crippen molar-refractivity contribution < 1.29 is 19.2 Å². The smallest absolute Gasteiger partial charge is 0.341 e. The lowest BCUT2D eigenvalue weighted by molar-refractivity contribution is -0.384. The SMILES string of the molecule is COC(=O)c1c(NC(=O)c2nn(-c3ccccc3[N+](=O)[O-])c(C)cc2=O)sc2c1CCCC2. The quantitative estimate of drug-likeness (QED) is 0.344. The van der Waals surface area contributed by atoms with Crippen molar-refractivity contribution in [2.75, 3.05) is 12.4 Å². The molecule has 1 aromatic carbocycles. The average molecular weight is 468 g/mol. The minimum atomic E-state index is -0.809. The highest BCUT2D eigenvalue weighted by atomic mass is 32.1. The predicted octanol–water partition coefficient (Wildman–Crippen LogP) is 3.43. The van der Waals surface area contributed by atoms with Crippen LogP contribution in [-0.2, 0) is 17.6 Å². The second-order valence-corrected chi connectivity index (χ2v) is 8.62. The third-order valence-corrected chi connectivity index (χ3v) is 6.62. The van der Waals surface area contributed by atoms with E-state index >= 15 is 0 Å². The number of methoxy groups -OCH3 is 1. The average Bonchev–Trinajstić information content (AvgIpc) is 3.16. The zero-order valence-electron chi connectivity index (χ0n) is 17.9. The molecule has 0 saturated heterocycles. The van der Waals surface area contributed by atoms with Gasteiger partial charge in [0.05, 0.1) is 17.6 Å². The van der Waals surface area contributed by atoms with Gasteiger partial charge in [-0.1, -0.05) is 12.1 Å². The van der Waals surface area contributed by atoms with Crippen molar-refractivity contribution in [1.29, 1.82) is 0 Å². The van der Waals surface area contributed by atoms with E-state index < -0.39 is 27.9 Å². The van der Waals surface area contributed by atoms with Crippen molar-refractivity contribution in [2.24, 2.45) is 0 Å². The summed E-state index contributed by atoms with van der Waals surface area (Å²) in [5, 5.41) is 18.5. The molecular weight excluding hydrogens is 448 g/mol. The molecule has 1 amide bonds. The number of aromatic nitrogens is 2. The number of carbonyl (C=O) groups is 2. The third-order valence-electron chi connectivity index (χ3n) is 5.42. The fourth-order valence-corrected chi connectivity index (χ4v) is 5.15. The fourth-order valence-electron chi connectivity index (χ4n) is 3.88. The van der Waals surface area contributed by atoms with E-state index in [1.54, 1.807) is 13.0 Å². The van der Waals surface area contributed by atoms with Crippen molar-refractivity contribution in [3.05, 3.63) is 78.1 Å². The zero-order valence-corrected chi connectivity index (χ0v) is 18.7. The number of amides is 1. The topological polar surface area (TPSA) is 133 Å². The van der Waals surface area contributed by atoms with E-state index in [1.165, 1.54) is 47.4 Å². The molecule has 1 aliphatic rings. The number of nitro benzene ring substituents is 1. The maximum Gasteiger partial charge on any atom is 0.341 e. The summed E-state index contributed by atoms with van der Waals surface area (Å²) in [6, 6.07) is 7.10. The fraction of sp³-hybridized carbons (Fsp3) is 0.273. The van der Waals surface area contributed by atoms with Crippen LogP contribution in [-0.4, -0.2) is 33.7 Å². The lowest BCUT2D eigenvalue weighted by Gasteiger charge is -2.12. The minimum absolute atomic E-state index is 0.121. The van der Waals surface area contributed by atoms with E-state index in [0.29, 0.717) is 22.7 Å². The van der Waals surface area contributed by atoms with Crippen molar-refractivity contribution in [3.8, 4) is 5.69 Å². The van der Waals surface area contributed by atoms with E-state index in [-0.39, 0.29) is 11.4 Å². The van der Waals surface area contributed by atoms with Gasteiger partial charge in [0.2, 0.25) is 5.43 Å². The van der Waals surface area contributed by atoms with Gasteiger partial charge in [0.15, 0.2) is 5.69 Å². The van der Waals surface area contributed by atoms with Gasteiger partial charge in [0, 0.05) is 22.7 Å². The van der Waals surface area contributed by atoms with E-state index in [9.17, 15) is 24.5 Å². The molecule has 11 heteroatoms. The second kappa shape index (κ2) is 8.94. The van der Waals surface area contributed by atoms with E-state index in [1.807, 2.05) is 0 Å². The Bertz CT molecular complexity index is 1340. The Labute approximate surface area is 192 Å². The Hall–Kier alpha value is -3.86. The molecule has 0 fully saturated rings. The number of hydrogen-bond acceptors (Lipinski definition) is 8. The van der Waals surface area contributed by atoms with Crippen LogP contribution in [0.4, 0.5) is 10.7 Å². The summed E-state index contributed by atoms with van der Waals surface area (Å²) < 4.78 is 6.10. The van der Waals surface area contributed by atoms with Gasteiger partial charge >= 0.3 is 5.97 Å². The summed E-state index contributed by atoms with van der Waals surface area (Å²) in [6.45, 7) is 1.56. The number of thiophene rings is 1. The number of nitro groups is 1. The maximum atomic E-state index is 13.1. The van der Waals surface area contributed by atoms with Gasteiger partial charge < -0.3 is 10.1 Å². The number of nitrogens with one attached hydrogen (secondary N) is 1. The highest BCUT2D eigenvalue weighted by molar-refractivity contribution is 7.17. The van der Waals surface area contributed by atoms with Crippen molar-refractivity contribution in [1.82, 2.24) is 9.78 Å². The number of carbonyl (C=O) groups excluding carboxylic acids is 2. The van der Waals surface area contributed by atoms with Crippen LogP contribution >= 0.6 is 11.3 Å². The first-order valence-electron chi connectivity index (χ1n) is 10.2. The first-order valence-corrected chi connectivity index (χ1v) is 11.0. The summed E-state index contributed by atoms with van der Waals surface area (Å²) >= 11 is 1.29. The molecule has 3 aromatic rings. The molecule has 0 spiro atoms. The molecule has 0 atom stereocenters. The van der Waals surface area contributed by atoms with Crippen LogP contribution in [0.2, 0.25) is 0 Å². The first kappa shape index (κ1) is 22.3. The van der Waals surface area contributed by atoms with Gasteiger partial charge in [0.1, 0.15) is 10.7 Å². The predicted molar refractivity (Wildman–Crippen MR) is 121 cm³/mol. The molecule has 10 nitrogen and oxygen atoms in total. The van der Waals surface area contributed by atoms with E-state index in [2.05, 4.69) is 10.4 Å². The van der Waals surface area contributed by atoms with Crippen LogP contribution in [0.3, 0.4) is 0 Å². The first-order chi connectivity index (χ1) is 15.8. The Morgan fingerprint density at radius 3 is 2.70 bits per heavy atom. The molecule has 0 unspecified atom stereocenters. The van der Waals surface area contributed by atoms with Gasteiger partial charge in [-0.05, 0) is 44.2 Å². The van der Waals surface area contributed by atoms with Crippen molar-refractivity contribution in [2.45, 2.75) is 32.6 Å². The number of aryl methyl sites for hydroxylation is 2. The number of anilines is 1. The number of ether oxygens (including phenoxy) is 1. The maximum absolute atomic E-state index is 13.1. The Kier molecular flexibility index (Phi) is 6.05. The van der Waals surface area contributed by atoms with Crippen LogP contribution in [0.1, 0.15) is 49.8 Å². The standard InChI is InChI=1S/C22H20N4O6S/c1-12-11-16(27)19(24-25(12)14-8-4-5-9-15(14)26(30)31)20(28)23-21-18(22(29)32-2)13-7-3-6-10-17(13)33-21/h4-5,8-9,11H,3,6-7,10H2,1-2H3,(H,23,28). The Morgan fingerprint density at radius 2 is 1.97 bits per heavy atom. The van der Waals surface area contributed by atoms with Crippen molar-refractivity contribution >= 4 is 33.9 Å². The van der Waals surface area contributed by atoms with Gasteiger partial charge in [-0.25, -0.2) is 9.48 Å². The lowest BCUT2D eigenvalue weighted by Crippen LogP contribution is -2.27. The summed E-state index contributed by atoms with van der Waals surface area (Å²) in [4.78, 5) is 50.0. The van der Waals surface area contributed by atoms with Crippen LogP contribution in [0.25, 0.3) is 5.69 Å². The molecule has 2 aromatic heterocycles. The summed E-state index contributed by atoms with van der Waals surface area (Å²) in [6.07, 6.45) is 3.43. The monoisotopic (exact) mass is 468 g/mol. The van der Waals surface area contributed by atoms with Crippen LogP contribution < -0.4 is 10.7 Å². The molecule has 1 aliphatic carbocycles. The zero-order chi connectivity index (χ0) is 23.7. The van der Waals surface area contributed by atoms with Gasteiger partial charge in [-0.3, -0.25) is 19.7 Å². The molecule has 0 bridgehead atoms. The molecular formula is C22H20N4O6S.